The van der Waals surface area contributed by atoms with Crippen molar-refractivity contribution in [3.05, 3.63) is 53.5 Å². The third-order valence-electron chi connectivity index (χ3n) is 3.92. The highest BCUT2D eigenvalue weighted by Gasteiger charge is 2.32. The van der Waals surface area contributed by atoms with Crippen molar-refractivity contribution in [2.75, 3.05) is 13.1 Å². The zero-order valence-electron chi connectivity index (χ0n) is 13.8. The van der Waals surface area contributed by atoms with Crippen molar-refractivity contribution in [2.45, 2.75) is 32.1 Å². The number of benzene rings is 1. The summed E-state index contributed by atoms with van der Waals surface area (Å²) >= 11 is 0. The lowest BCUT2D eigenvalue weighted by Gasteiger charge is -2.17. The molecule has 0 saturated carbocycles. The first-order valence-corrected chi connectivity index (χ1v) is 9.54. The lowest BCUT2D eigenvalue weighted by Crippen LogP contribution is -2.32. The Hall–Kier alpha value is -1.99. The Labute approximate surface area is 142 Å². The van der Waals surface area contributed by atoms with Crippen LogP contribution in [-0.4, -0.2) is 41.9 Å². The second-order valence-corrected chi connectivity index (χ2v) is 7.99. The molecule has 0 radical (unpaired) electrons. The summed E-state index contributed by atoms with van der Waals surface area (Å²) < 4.78 is 32.5. The van der Waals surface area contributed by atoms with Crippen molar-refractivity contribution in [1.29, 1.82) is 0 Å². The van der Waals surface area contributed by atoms with E-state index in [1.54, 1.807) is 6.07 Å². The number of sulfonamides is 1. The Morgan fingerprint density at radius 2 is 1.96 bits per heavy atom. The molecule has 1 aromatic heterocycles. The van der Waals surface area contributed by atoms with E-state index in [1.807, 2.05) is 44.2 Å². The Morgan fingerprint density at radius 3 is 2.67 bits per heavy atom. The van der Waals surface area contributed by atoms with Gasteiger partial charge in [0.05, 0.1) is 12.3 Å². The summed E-state index contributed by atoms with van der Waals surface area (Å²) in [6.07, 6.45) is 0.486. The van der Waals surface area contributed by atoms with Gasteiger partial charge in [-0.15, -0.1) is 0 Å². The molecule has 24 heavy (non-hydrogen) atoms. The van der Waals surface area contributed by atoms with E-state index in [9.17, 15) is 8.42 Å². The average Bonchev–Trinajstić information content (AvgIpc) is 2.96. The Kier molecular flexibility index (Phi) is 4.82. The molecular weight excluding hydrogens is 326 g/mol. The van der Waals surface area contributed by atoms with Crippen LogP contribution in [0.25, 0.3) is 0 Å². The smallest absolute Gasteiger partial charge is 0.218 e. The minimum atomic E-state index is -3.33. The molecular formula is C17H21N3O3S. The fourth-order valence-corrected chi connectivity index (χ4v) is 4.41. The molecule has 0 bridgehead atoms. The predicted octanol–water partition coefficient (Wildman–Crippen LogP) is 2.08. The van der Waals surface area contributed by atoms with Crippen molar-refractivity contribution >= 4 is 10.0 Å². The molecule has 1 saturated heterocycles. The molecule has 1 aliphatic heterocycles. The molecule has 1 aliphatic rings. The second kappa shape index (κ2) is 6.86. The number of nitrogens with zero attached hydrogens (tertiary/aromatic N) is 3. The van der Waals surface area contributed by atoms with E-state index in [0.717, 1.165) is 11.3 Å². The second-order valence-electron chi connectivity index (χ2n) is 6.02. The maximum absolute atomic E-state index is 12.6. The molecule has 0 spiro atoms. The monoisotopic (exact) mass is 347 g/mol. The Balaban J connectivity index is 1.64. The molecule has 1 aromatic carbocycles. The number of rotatable bonds is 5. The molecule has 1 fully saturated rings. The average molecular weight is 347 g/mol. The number of hydrogen-bond donors (Lipinski definition) is 0. The van der Waals surface area contributed by atoms with E-state index in [-0.39, 0.29) is 11.9 Å². The molecule has 2 heterocycles. The summed E-state index contributed by atoms with van der Waals surface area (Å²) in [6, 6.07) is 11.0. The van der Waals surface area contributed by atoms with Crippen molar-refractivity contribution in [3.63, 3.8) is 0 Å². The van der Waals surface area contributed by atoms with Crippen LogP contribution in [0, 0.1) is 13.8 Å². The van der Waals surface area contributed by atoms with E-state index in [4.69, 9.17) is 4.74 Å². The quantitative estimate of drug-likeness (QED) is 0.828. The van der Waals surface area contributed by atoms with Gasteiger partial charge in [0, 0.05) is 18.3 Å². The van der Waals surface area contributed by atoms with Crippen LogP contribution in [-0.2, 0) is 15.8 Å². The molecule has 7 heteroatoms. The van der Waals surface area contributed by atoms with Gasteiger partial charge < -0.3 is 4.74 Å². The highest BCUT2D eigenvalue weighted by Crippen LogP contribution is 2.21. The van der Waals surface area contributed by atoms with Gasteiger partial charge in [-0.3, -0.25) is 0 Å². The molecule has 0 N–H and O–H groups in total. The van der Waals surface area contributed by atoms with Gasteiger partial charge >= 0.3 is 0 Å². The molecule has 0 aliphatic carbocycles. The van der Waals surface area contributed by atoms with E-state index in [1.165, 1.54) is 4.31 Å². The largest absolute Gasteiger partial charge is 0.473 e. The molecule has 2 aromatic rings. The zero-order chi connectivity index (χ0) is 17.2. The standard InChI is InChI=1S/C17H21N3O3S/c1-13-10-17(19-14(2)18-13)23-16-8-9-20(11-16)24(21,22)12-15-6-4-3-5-7-15/h3-7,10,16H,8-9,11-12H2,1-2H3/t16-/m1/s1. The van der Waals surface area contributed by atoms with Gasteiger partial charge in [0.1, 0.15) is 11.9 Å². The fourth-order valence-electron chi connectivity index (χ4n) is 2.84. The predicted molar refractivity (Wildman–Crippen MR) is 91.2 cm³/mol. The maximum Gasteiger partial charge on any atom is 0.218 e. The van der Waals surface area contributed by atoms with Crippen LogP contribution in [0.5, 0.6) is 5.88 Å². The van der Waals surface area contributed by atoms with Crippen molar-refractivity contribution < 1.29 is 13.2 Å². The SMILES string of the molecule is Cc1cc(O[C@@H]2CCN(S(=O)(=O)Cc3ccccc3)C2)nc(C)n1. The third-order valence-corrected chi connectivity index (χ3v) is 5.74. The first-order chi connectivity index (χ1) is 11.4. The lowest BCUT2D eigenvalue weighted by molar-refractivity contribution is 0.206. The molecule has 128 valence electrons. The highest BCUT2D eigenvalue weighted by molar-refractivity contribution is 7.88. The van der Waals surface area contributed by atoms with Gasteiger partial charge in [-0.2, -0.15) is 9.29 Å². The molecule has 0 amide bonds. The van der Waals surface area contributed by atoms with Crippen LogP contribution in [0.4, 0.5) is 0 Å². The topological polar surface area (TPSA) is 72.4 Å². The summed E-state index contributed by atoms with van der Waals surface area (Å²) in [5.74, 6) is 1.18. The van der Waals surface area contributed by atoms with E-state index >= 15 is 0 Å². The van der Waals surface area contributed by atoms with Crippen LogP contribution in [0.3, 0.4) is 0 Å². The number of aryl methyl sites for hydroxylation is 2. The highest BCUT2D eigenvalue weighted by atomic mass is 32.2. The first kappa shape index (κ1) is 16.9. The van der Waals surface area contributed by atoms with Gasteiger partial charge in [-0.05, 0) is 25.8 Å². The first-order valence-electron chi connectivity index (χ1n) is 7.93. The van der Waals surface area contributed by atoms with E-state index in [0.29, 0.717) is 31.2 Å². The number of ether oxygens (including phenoxy) is 1. The Morgan fingerprint density at radius 1 is 1.21 bits per heavy atom. The minimum absolute atomic E-state index is 0.0201. The van der Waals surface area contributed by atoms with Crippen LogP contribution in [0.2, 0.25) is 0 Å². The normalized spacial score (nSPS) is 18.7. The van der Waals surface area contributed by atoms with Crippen LogP contribution in [0.1, 0.15) is 23.5 Å². The molecule has 0 unspecified atom stereocenters. The van der Waals surface area contributed by atoms with Crippen molar-refractivity contribution in [3.8, 4) is 5.88 Å². The summed E-state index contributed by atoms with van der Waals surface area (Å²) in [5, 5.41) is 0. The van der Waals surface area contributed by atoms with Gasteiger partial charge in [-0.25, -0.2) is 13.4 Å². The lowest BCUT2D eigenvalue weighted by atomic mass is 10.2. The van der Waals surface area contributed by atoms with Gasteiger partial charge in [0.2, 0.25) is 15.9 Å². The third kappa shape index (κ3) is 4.10. The van der Waals surface area contributed by atoms with Crippen molar-refractivity contribution in [2.24, 2.45) is 0 Å². The van der Waals surface area contributed by atoms with Gasteiger partial charge in [-0.1, -0.05) is 30.3 Å². The Bertz CT molecular complexity index is 789. The zero-order valence-corrected chi connectivity index (χ0v) is 14.7. The maximum atomic E-state index is 12.6. The van der Waals surface area contributed by atoms with E-state index < -0.39 is 10.0 Å². The molecule has 1 atom stereocenters. The van der Waals surface area contributed by atoms with Crippen LogP contribution >= 0.6 is 0 Å². The number of aromatic nitrogens is 2. The van der Waals surface area contributed by atoms with Crippen LogP contribution < -0.4 is 4.74 Å². The van der Waals surface area contributed by atoms with E-state index in [2.05, 4.69) is 9.97 Å². The fraction of sp³-hybridized carbons (Fsp3) is 0.412. The summed E-state index contributed by atoms with van der Waals surface area (Å²) in [4.78, 5) is 8.46. The van der Waals surface area contributed by atoms with Crippen molar-refractivity contribution in [1.82, 2.24) is 14.3 Å². The molecule has 6 nitrogen and oxygen atoms in total. The van der Waals surface area contributed by atoms with Crippen LogP contribution in [0.15, 0.2) is 36.4 Å². The summed E-state index contributed by atoms with van der Waals surface area (Å²) in [7, 11) is -3.33. The summed E-state index contributed by atoms with van der Waals surface area (Å²) in [5.41, 5.74) is 1.63. The van der Waals surface area contributed by atoms with Gasteiger partial charge in [0.25, 0.3) is 0 Å². The molecule has 3 rings (SSSR count). The van der Waals surface area contributed by atoms with Gasteiger partial charge in [0.15, 0.2) is 0 Å². The number of hydrogen-bond acceptors (Lipinski definition) is 5. The summed E-state index contributed by atoms with van der Waals surface area (Å²) in [6.45, 7) is 4.53. The minimum Gasteiger partial charge on any atom is -0.473 e.